The van der Waals surface area contributed by atoms with E-state index in [1.807, 2.05) is 11.7 Å². The zero-order valence-corrected chi connectivity index (χ0v) is 13.2. The van der Waals surface area contributed by atoms with Crippen LogP contribution in [0.3, 0.4) is 0 Å². The van der Waals surface area contributed by atoms with Gasteiger partial charge in [0.05, 0.1) is 11.4 Å². The molecule has 110 valence electrons. The minimum atomic E-state index is 0.363. The number of nitrogens with two attached hydrogens (primary N) is 1. The van der Waals surface area contributed by atoms with E-state index < -0.39 is 0 Å². The molecule has 0 aliphatic heterocycles. The first-order valence-electron chi connectivity index (χ1n) is 7.60. The molecule has 4 nitrogen and oxygen atoms in total. The summed E-state index contributed by atoms with van der Waals surface area (Å²) in [5, 5.41) is 8.13. The summed E-state index contributed by atoms with van der Waals surface area (Å²) in [6.45, 7) is 8.72. The zero-order chi connectivity index (χ0) is 14.4. The molecule has 0 fully saturated rings. The van der Waals surface area contributed by atoms with Gasteiger partial charge in [0.15, 0.2) is 0 Å². The maximum atomic E-state index is 6.23. The molecule has 1 aromatic rings. The number of aromatic nitrogens is 2. The van der Waals surface area contributed by atoms with Crippen LogP contribution in [-0.4, -0.2) is 15.8 Å². The van der Waals surface area contributed by atoms with Crippen molar-refractivity contribution in [1.29, 1.82) is 0 Å². The van der Waals surface area contributed by atoms with Crippen LogP contribution < -0.4 is 11.1 Å². The van der Waals surface area contributed by atoms with Crippen molar-refractivity contribution in [2.45, 2.75) is 71.8 Å². The van der Waals surface area contributed by atoms with Crippen LogP contribution in [0.25, 0.3) is 0 Å². The Bertz CT molecular complexity index is 382. The van der Waals surface area contributed by atoms with Gasteiger partial charge in [-0.1, -0.05) is 47.0 Å². The van der Waals surface area contributed by atoms with E-state index in [2.05, 4.69) is 38.1 Å². The van der Waals surface area contributed by atoms with E-state index in [-0.39, 0.29) is 0 Å². The highest BCUT2D eigenvalue weighted by atomic mass is 15.3. The molecule has 4 heteroatoms. The number of unbranched alkanes of at least 4 members (excludes halogenated alkanes) is 1. The number of hydrogen-bond donors (Lipinski definition) is 2. The summed E-state index contributed by atoms with van der Waals surface area (Å²) in [7, 11) is 1.97. The molecule has 0 aromatic carbocycles. The first kappa shape index (κ1) is 15.9. The van der Waals surface area contributed by atoms with E-state index in [1.165, 1.54) is 32.1 Å². The first-order chi connectivity index (χ1) is 9.01. The first-order valence-corrected chi connectivity index (χ1v) is 7.60. The number of hydrogen-bond acceptors (Lipinski definition) is 3. The molecule has 0 saturated heterocycles. The van der Waals surface area contributed by atoms with Gasteiger partial charge < -0.3 is 11.1 Å². The Morgan fingerprint density at radius 3 is 2.37 bits per heavy atom. The van der Waals surface area contributed by atoms with E-state index in [9.17, 15) is 0 Å². The van der Waals surface area contributed by atoms with Crippen LogP contribution in [0.15, 0.2) is 0 Å². The van der Waals surface area contributed by atoms with Crippen LogP contribution in [0.5, 0.6) is 0 Å². The van der Waals surface area contributed by atoms with Crippen molar-refractivity contribution in [3.05, 3.63) is 5.69 Å². The topological polar surface area (TPSA) is 55.9 Å². The van der Waals surface area contributed by atoms with Crippen LogP contribution in [0, 0.1) is 0 Å². The summed E-state index contributed by atoms with van der Waals surface area (Å²) in [4.78, 5) is 0. The average molecular weight is 266 g/mol. The minimum Gasteiger partial charge on any atom is -0.394 e. The second-order valence-electron chi connectivity index (χ2n) is 5.70. The van der Waals surface area contributed by atoms with Crippen molar-refractivity contribution in [3.63, 3.8) is 0 Å². The zero-order valence-electron chi connectivity index (χ0n) is 13.2. The van der Waals surface area contributed by atoms with Crippen molar-refractivity contribution in [1.82, 2.24) is 9.78 Å². The third-order valence-corrected chi connectivity index (χ3v) is 3.54. The molecule has 1 unspecified atom stereocenters. The van der Waals surface area contributed by atoms with Crippen LogP contribution in [0.4, 0.5) is 11.5 Å². The Labute approximate surface area is 117 Å². The van der Waals surface area contributed by atoms with Crippen molar-refractivity contribution in [3.8, 4) is 0 Å². The van der Waals surface area contributed by atoms with Gasteiger partial charge in [0.25, 0.3) is 0 Å². The molecule has 0 bridgehead atoms. The molecule has 19 heavy (non-hydrogen) atoms. The van der Waals surface area contributed by atoms with Crippen molar-refractivity contribution in [2.24, 2.45) is 7.05 Å². The van der Waals surface area contributed by atoms with Crippen molar-refractivity contribution < 1.29 is 0 Å². The van der Waals surface area contributed by atoms with Crippen LogP contribution in [0.2, 0.25) is 0 Å². The second-order valence-corrected chi connectivity index (χ2v) is 5.70. The van der Waals surface area contributed by atoms with Crippen molar-refractivity contribution in [2.75, 3.05) is 11.1 Å². The molecule has 0 spiro atoms. The normalized spacial score (nSPS) is 12.9. The van der Waals surface area contributed by atoms with E-state index in [1.54, 1.807) is 0 Å². The Morgan fingerprint density at radius 2 is 1.89 bits per heavy atom. The third-order valence-electron chi connectivity index (χ3n) is 3.54. The van der Waals surface area contributed by atoms with Gasteiger partial charge in [0, 0.05) is 13.1 Å². The van der Waals surface area contributed by atoms with E-state index >= 15 is 0 Å². The number of rotatable bonds is 8. The fourth-order valence-corrected chi connectivity index (χ4v) is 2.44. The van der Waals surface area contributed by atoms with Crippen molar-refractivity contribution >= 4 is 11.5 Å². The van der Waals surface area contributed by atoms with Crippen LogP contribution in [-0.2, 0) is 7.05 Å². The van der Waals surface area contributed by atoms with Gasteiger partial charge in [0.1, 0.15) is 5.82 Å². The molecule has 0 aliphatic rings. The summed E-state index contributed by atoms with van der Waals surface area (Å²) >= 11 is 0. The number of nitrogens with one attached hydrogen (secondary N) is 1. The molecule has 1 heterocycles. The van der Waals surface area contributed by atoms with E-state index in [0.29, 0.717) is 12.0 Å². The Morgan fingerprint density at radius 1 is 1.21 bits per heavy atom. The quantitative estimate of drug-likeness (QED) is 0.750. The summed E-state index contributed by atoms with van der Waals surface area (Å²) in [5.41, 5.74) is 8.04. The highest BCUT2D eigenvalue weighted by molar-refractivity contribution is 5.66. The van der Waals surface area contributed by atoms with Crippen LogP contribution in [0.1, 0.15) is 71.4 Å². The Kier molecular flexibility index (Phi) is 6.19. The minimum absolute atomic E-state index is 0.363. The molecule has 0 radical (unpaired) electrons. The lowest BCUT2D eigenvalue weighted by atomic mass is 10.0. The molecule has 0 amide bonds. The summed E-state index contributed by atoms with van der Waals surface area (Å²) in [6.07, 6.45) is 6.07. The fourth-order valence-electron chi connectivity index (χ4n) is 2.44. The Balaban J connectivity index is 2.83. The molecule has 1 rings (SSSR count). The Hall–Kier alpha value is -1.19. The molecular formula is C15H30N4. The van der Waals surface area contributed by atoms with Gasteiger partial charge in [-0.15, -0.1) is 0 Å². The fraction of sp³-hybridized carbons (Fsp3) is 0.800. The summed E-state index contributed by atoms with van der Waals surface area (Å²) < 4.78 is 1.89. The lowest BCUT2D eigenvalue weighted by Gasteiger charge is -2.19. The van der Waals surface area contributed by atoms with Gasteiger partial charge in [-0.25, -0.2) is 0 Å². The highest BCUT2D eigenvalue weighted by Gasteiger charge is 2.18. The van der Waals surface area contributed by atoms with Gasteiger partial charge in [-0.2, -0.15) is 5.10 Å². The van der Waals surface area contributed by atoms with Gasteiger partial charge in [-0.3, -0.25) is 4.68 Å². The molecule has 1 aromatic heterocycles. The SMILES string of the molecule is CCCCC(CCC)Nc1c(N)c(C(C)C)nn1C. The largest absolute Gasteiger partial charge is 0.394 e. The predicted octanol–water partition coefficient (Wildman–Crippen LogP) is 3.90. The highest BCUT2D eigenvalue weighted by Crippen LogP contribution is 2.29. The van der Waals surface area contributed by atoms with E-state index in [4.69, 9.17) is 5.73 Å². The van der Waals surface area contributed by atoms with Gasteiger partial charge in [-0.05, 0) is 18.8 Å². The smallest absolute Gasteiger partial charge is 0.148 e. The van der Waals surface area contributed by atoms with E-state index in [0.717, 1.165) is 17.2 Å². The molecule has 1 atom stereocenters. The molecule has 0 saturated carbocycles. The molecule has 0 aliphatic carbocycles. The lowest BCUT2D eigenvalue weighted by molar-refractivity contribution is 0.558. The summed E-state index contributed by atoms with van der Waals surface area (Å²) in [5.74, 6) is 1.35. The van der Waals surface area contributed by atoms with Gasteiger partial charge in [0.2, 0.25) is 0 Å². The maximum absolute atomic E-state index is 6.23. The second kappa shape index (κ2) is 7.41. The lowest BCUT2D eigenvalue weighted by Crippen LogP contribution is -2.21. The standard InChI is InChI=1S/C15H30N4/c1-6-8-10-12(9-7-2)17-15-13(16)14(11(3)4)18-19(15)5/h11-12,17H,6-10,16H2,1-5H3. The number of aryl methyl sites for hydroxylation is 1. The van der Waals surface area contributed by atoms with Gasteiger partial charge >= 0.3 is 0 Å². The molecular weight excluding hydrogens is 236 g/mol. The number of nitrogen functional groups attached to an aromatic ring is 1. The number of nitrogens with zero attached hydrogens (tertiary/aromatic N) is 2. The third kappa shape index (κ3) is 4.15. The molecule has 3 N–H and O–H groups in total. The predicted molar refractivity (Wildman–Crippen MR) is 83.6 cm³/mol. The monoisotopic (exact) mass is 266 g/mol. The maximum Gasteiger partial charge on any atom is 0.148 e. The number of anilines is 2. The average Bonchev–Trinajstić information content (AvgIpc) is 2.64. The summed E-state index contributed by atoms with van der Waals surface area (Å²) in [6, 6.07) is 0.502. The van der Waals surface area contributed by atoms with Crippen LogP contribution >= 0.6 is 0 Å².